The van der Waals surface area contributed by atoms with Gasteiger partial charge in [0.1, 0.15) is 16.8 Å². The molecule has 0 bridgehead atoms. The molecular weight excluding hydrogens is 673 g/mol. The average molecular weight is 701 g/mol. The van der Waals surface area contributed by atoms with E-state index in [-0.39, 0.29) is 0 Å². The summed E-state index contributed by atoms with van der Waals surface area (Å²) in [6.45, 7) is 0. The first-order valence-electron chi connectivity index (χ1n) is 18.7. The van der Waals surface area contributed by atoms with E-state index in [1.807, 2.05) is 24.3 Å². The van der Waals surface area contributed by atoms with Crippen LogP contribution in [0.3, 0.4) is 0 Å². The summed E-state index contributed by atoms with van der Waals surface area (Å²) in [7, 11) is 0. The number of hydrogen-bond acceptors (Lipinski definition) is 3. The van der Waals surface area contributed by atoms with Gasteiger partial charge in [-0.1, -0.05) is 133 Å². The summed E-state index contributed by atoms with van der Waals surface area (Å²) in [6, 6.07) is 60.4. The first-order valence-corrected chi connectivity index (χ1v) is 18.7. The maximum absolute atomic E-state index is 6.58. The molecule has 13 aromatic rings. The highest BCUT2D eigenvalue weighted by molar-refractivity contribution is 6.38. The maximum Gasteiger partial charge on any atom is 0.236 e. The molecule has 0 amide bonds. The van der Waals surface area contributed by atoms with Crippen molar-refractivity contribution in [2.24, 2.45) is 0 Å². The van der Waals surface area contributed by atoms with Gasteiger partial charge in [0.15, 0.2) is 5.58 Å². The fraction of sp³-hybridized carbons (Fsp3) is 0. The van der Waals surface area contributed by atoms with Gasteiger partial charge in [-0.05, 0) is 58.3 Å². The minimum absolute atomic E-state index is 0.610. The van der Waals surface area contributed by atoms with Crippen molar-refractivity contribution < 1.29 is 4.42 Å². The van der Waals surface area contributed by atoms with Crippen LogP contribution < -0.4 is 0 Å². The topological polar surface area (TPSA) is 48.3 Å². The molecule has 8 aromatic carbocycles. The van der Waals surface area contributed by atoms with Gasteiger partial charge < -0.3 is 8.82 Å². The van der Waals surface area contributed by atoms with Crippen LogP contribution in [0.5, 0.6) is 0 Å². The van der Waals surface area contributed by atoms with E-state index in [9.17, 15) is 0 Å². The maximum atomic E-state index is 6.58. The highest BCUT2D eigenvalue weighted by Gasteiger charge is 2.27. The van der Waals surface area contributed by atoms with E-state index in [0.29, 0.717) is 11.5 Å². The zero-order valence-corrected chi connectivity index (χ0v) is 29.4. The molecule has 0 fully saturated rings. The predicted molar refractivity (Wildman–Crippen MR) is 227 cm³/mol. The summed E-state index contributed by atoms with van der Waals surface area (Å²) in [5, 5.41) is 10.8. The third-order valence-corrected chi connectivity index (χ3v) is 11.7. The molecule has 0 saturated carbocycles. The van der Waals surface area contributed by atoms with Crippen molar-refractivity contribution >= 4 is 92.7 Å². The van der Waals surface area contributed by atoms with Gasteiger partial charge in [0.2, 0.25) is 5.95 Å². The van der Waals surface area contributed by atoms with Crippen LogP contribution in [0.25, 0.3) is 121 Å². The molecule has 0 unspecified atom stereocenters. The SMILES string of the molecule is c1ccc(-c2ccc(-c3nc(-n4c5ccccc5c5c6c7c8ccccc8ccc7n7c8ccccc8c(cc54)c67)nc4c3oc3ccccc34)cc2)cc1. The standard InChI is InChI=1S/C50H28N4O/c1-2-12-29(13-3-1)30-22-24-32(25-23-30)46-49-47(36-18-8-11-21-42(36)55-49)52-50(51-46)54-39-20-10-7-17-35(39)44-41(54)28-37-34-16-6-9-19-38(34)53-40-27-26-31-14-4-5-15-33(31)43(40)45(44)48(37)53/h1-28H. The van der Waals surface area contributed by atoms with Crippen LogP contribution >= 0.6 is 0 Å². The van der Waals surface area contributed by atoms with Gasteiger partial charge >= 0.3 is 0 Å². The Morgan fingerprint density at radius 2 is 1.07 bits per heavy atom. The fourth-order valence-electron chi connectivity index (χ4n) is 9.32. The molecule has 13 rings (SSSR count). The van der Waals surface area contributed by atoms with Crippen LogP contribution in [0.4, 0.5) is 0 Å². The molecule has 0 atom stereocenters. The Morgan fingerprint density at radius 3 is 1.93 bits per heavy atom. The summed E-state index contributed by atoms with van der Waals surface area (Å²) in [5.41, 5.74) is 12.1. The lowest BCUT2D eigenvalue weighted by molar-refractivity contribution is 0.666. The molecule has 0 aliphatic rings. The second-order valence-corrected chi connectivity index (χ2v) is 14.5. The molecule has 0 spiro atoms. The molecule has 5 heteroatoms. The Balaban J connectivity index is 1.20. The summed E-state index contributed by atoms with van der Waals surface area (Å²) in [4.78, 5) is 10.9. The zero-order valence-electron chi connectivity index (χ0n) is 29.4. The molecule has 5 heterocycles. The smallest absolute Gasteiger partial charge is 0.236 e. The first kappa shape index (κ1) is 29.0. The highest BCUT2D eigenvalue weighted by atomic mass is 16.3. The lowest BCUT2D eigenvalue weighted by Gasteiger charge is -2.10. The lowest BCUT2D eigenvalue weighted by Crippen LogP contribution is -2.03. The predicted octanol–water partition coefficient (Wildman–Crippen LogP) is 13.1. The monoisotopic (exact) mass is 700 g/mol. The second kappa shape index (κ2) is 10.6. The number of furan rings is 1. The van der Waals surface area contributed by atoms with E-state index in [1.54, 1.807) is 0 Å². The van der Waals surface area contributed by atoms with Gasteiger partial charge in [0, 0.05) is 43.3 Å². The molecule has 0 N–H and O–H groups in total. The van der Waals surface area contributed by atoms with Crippen molar-refractivity contribution in [3.05, 3.63) is 170 Å². The van der Waals surface area contributed by atoms with E-state index in [4.69, 9.17) is 14.4 Å². The molecule has 0 saturated heterocycles. The number of aromatic nitrogens is 4. The number of para-hydroxylation sites is 3. The van der Waals surface area contributed by atoms with Gasteiger partial charge in [0.05, 0.1) is 27.6 Å². The molecule has 254 valence electrons. The van der Waals surface area contributed by atoms with Crippen molar-refractivity contribution in [2.75, 3.05) is 0 Å². The molecule has 55 heavy (non-hydrogen) atoms. The first-order chi connectivity index (χ1) is 27.3. The normalized spacial score (nSPS) is 12.4. The Labute approximate surface area is 313 Å². The van der Waals surface area contributed by atoms with Crippen LogP contribution in [-0.4, -0.2) is 18.9 Å². The molecule has 5 nitrogen and oxygen atoms in total. The lowest BCUT2D eigenvalue weighted by atomic mass is 9.98. The minimum atomic E-state index is 0.610. The summed E-state index contributed by atoms with van der Waals surface area (Å²) >= 11 is 0. The third kappa shape index (κ3) is 3.81. The van der Waals surface area contributed by atoms with Crippen LogP contribution in [0, 0.1) is 0 Å². The van der Waals surface area contributed by atoms with E-state index in [1.165, 1.54) is 65.2 Å². The zero-order chi connectivity index (χ0) is 35.8. The largest absolute Gasteiger partial charge is 0.452 e. The average Bonchev–Trinajstić information content (AvgIpc) is 3.99. The van der Waals surface area contributed by atoms with Crippen molar-refractivity contribution in [1.29, 1.82) is 0 Å². The van der Waals surface area contributed by atoms with Gasteiger partial charge in [-0.25, -0.2) is 9.97 Å². The van der Waals surface area contributed by atoms with Crippen LogP contribution in [0.15, 0.2) is 174 Å². The Hall–Kier alpha value is -7.50. The van der Waals surface area contributed by atoms with Gasteiger partial charge in [-0.3, -0.25) is 4.57 Å². The molecule has 0 aliphatic heterocycles. The number of hydrogen-bond donors (Lipinski definition) is 0. The van der Waals surface area contributed by atoms with Crippen LogP contribution in [0.1, 0.15) is 0 Å². The molecular formula is C50H28N4O. The second-order valence-electron chi connectivity index (χ2n) is 14.5. The number of benzene rings is 8. The van der Waals surface area contributed by atoms with Crippen LogP contribution in [-0.2, 0) is 0 Å². The van der Waals surface area contributed by atoms with Crippen molar-refractivity contribution in [3.8, 4) is 28.3 Å². The van der Waals surface area contributed by atoms with E-state index < -0.39 is 0 Å². The summed E-state index contributed by atoms with van der Waals surface area (Å²) in [6.07, 6.45) is 0. The van der Waals surface area contributed by atoms with E-state index >= 15 is 0 Å². The quantitative estimate of drug-likeness (QED) is 0.184. The number of rotatable bonds is 3. The van der Waals surface area contributed by atoms with E-state index in [0.717, 1.165) is 44.3 Å². The Morgan fingerprint density at radius 1 is 0.418 bits per heavy atom. The van der Waals surface area contributed by atoms with Crippen molar-refractivity contribution in [3.63, 3.8) is 0 Å². The molecule has 0 aliphatic carbocycles. The minimum Gasteiger partial charge on any atom is -0.452 e. The fourth-order valence-corrected chi connectivity index (χ4v) is 9.32. The molecule has 0 radical (unpaired) electrons. The Bertz CT molecular complexity index is 3700. The van der Waals surface area contributed by atoms with Crippen LogP contribution in [0.2, 0.25) is 0 Å². The molecule has 5 aromatic heterocycles. The van der Waals surface area contributed by atoms with E-state index in [2.05, 4.69) is 155 Å². The van der Waals surface area contributed by atoms with Gasteiger partial charge in [-0.15, -0.1) is 0 Å². The highest BCUT2D eigenvalue weighted by Crippen LogP contribution is 2.48. The van der Waals surface area contributed by atoms with Crippen molar-refractivity contribution in [1.82, 2.24) is 18.9 Å². The number of nitrogens with zero attached hydrogens (tertiary/aromatic N) is 4. The third-order valence-electron chi connectivity index (χ3n) is 11.7. The van der Waals surface area contributed by atoms with Crippen molar-refractivity contribution in [2.45, 2.75) is 0 Å². The van der Waals surface area contributed by atoms with Gasteiger partial charge in [0.25, 0.3) is 0 Å². The Kier molecular flexibility index (Phi) is 5.57. The number of fused-ring (bicyclic) bond motifs is 15. The summed E-state index contributed by atoms with van der Waals surface area (Å²) < 4.78 is 11.3. The summed E-state index contributed by atoms with van der Waals surface area (Å²) in [5.74, 6) is 0.610. The van der Waals surface area contributed by atoms with Gasteiger partial charge in [-0.2, -0.15) is 0 Å².